The summed E-state index contributed by atoms with van der Waals surface area (Å²) in [7, 11) is 0. The van der Waals surface area contributed by atoms with Gasteiger partial charge in [-0.25, -0.2) is 9.48 Å². The van der Waals surface area contributed by atoms with E-state index in [9.17, 15) is 29.1 Å². The lowest BCUT2D eigenvalue weighted by Crippen LogP contribution is -2.54. The van der Waals surface area contributed by atoms with Crippen LogP contribution in [0.15, 0.2) is 24.4 Å². The normalized spacial score (nSPS) is 17.6. The van der Waals surface area contributed by atoms with E-state index in [2.05, 4.69) is 20.9 Å². The Morgan fingerprint density at radius 3 is 2.53 bits per heavy atom. The highest BCUT2D eigenvalue weighted by molar-refractivity contribution is 6.23. The molecular weight excluding hydrogens is 564 g/mol. The number of nitrogens with zero attached hydrogens (tertiary/aromatic N) is 4. The molecule has 3 N–H and O–H groups in total. The van der Waals surface area contributed by atoms with E-state index in [0.717, 1.165) is 4.90 Å². The summed E-state index contributed by atoms with van der Waals surface area (Å²) >= 11 is 0. The molecule has 2 aliphatic heterocycles. The molecule has 1 fully saturated rings. The average molecular weight is 601 g/mol. The molecule has 3 heterocycles. The Labute approximate surface area is 247 Å². The number of carbonyl (C=O) groups is 5. The Bertz CT molecular complexity index is 1370. The maximum atomic E-state index is 13.1. The predicted molar refractivity (Wildman–Crippen MR) is 148 cm³/mol. The Balaban J connectivity index is 1.21. The van der Waals surface area contributed by atoms with E-state index in [1.165, 1.54) is 18.3 Å². The van der Waals surface area contributed by atoms with Crippen LogP contribution < -0.4 is 10.6 Å². The van der Waals surface area contributed by atoms with E-state index in [4.69, 9.17) is 14.2 Å². The molecule has 232 valence electrons. The quantitative estimate of drug-likeness (QED) is 0.214. The molecule has 1 saturated heterocycles. The van der Waals surface area contributed by atoms with Gasteiger partial charge in [-0.1, -0.05) is 11.3 Å². The van der Waals surface area contributed by atoms with Crippen molar-refractivity contribution in [3.05, 3.63) is 46.8 Å². The second-order valence-corrected chi connectivity index (χ2v) is 11.1. The number of ether oxygens (including phenoxy) is 3. The molecule has 1 aromatic carbocycles. The molecule has 2 atom stereocenters. The first kappa shape index (κ1) is 31.7. The minimum atomic E-state index is -1.06. The van der Waals surface area contributed by atoms with Crippen LogP contribution in [-0.4, -0.2) is 99.3 Å². The number of carbonyl (C=O) groups excluding carboxylic acids is 5. The van der Waals surface area contributed by atoms with Gasteiger partial charge in [0.05, 0.1) is 62.1 Å². The van der Waals surface area contributed by atoms with E-state index in [1.54, 1.807) is 31.5 Å². The number of fused-ring (bicyclic) bond motifs is 1. The third-order valence-corrected chi connectivity index (χ3v) is 6.68. The van der Waals surface area contributed by atoms with Gasteiger partial charge in [0.1, 0.15) is 11.6 Å². The fourth-order valence-electron chi connectivity index (χ4n) is 4.65. The van der Waals surface area contributed by atoms with Gasteiger partial charge in [-0.15, -0.1) is 5.10 Å². The largest absolute Gasteiger partial charge is 0.444 e. The van der Waals surface area contributed by atoms with Crippen LogP contribution in [0.3, 0.4) is 0 Å². The van der Waals surface area contributed by atoms with Gasteiger partial charge in [-0.2, -0.15) is 0 Å². The smallest absolute Gasteiger partial charge is 0.407 e. The highest BCUT2D eigenvalue weighted by Crippen LogP contribution is 2.30. The summed E-state index contributed by atoms with van der Waals surface area (Å²) in [5.41, 5.74) is 0.710. The number of imide groups is 2. The minimum absolute atomic E-state index is 0.0312. The molecule has 0 radical (unpaired) electrons. The van der Waals surface area contributed by atoms with E-state index >= 15 is 0 Å². The summed E-state index contributed by atoms with van der Waals surface area (Å²) in [6.07, 6.45) is 0.224. The Kier molecular flexibility index (Phi) is 10.2. The molecule has 0 saturated carbocycles. The number of rotatable bonds is 13. The summed E-state index contributed by atoms with van der Waals surface area (Å²) in [6.45, 7) is 7.33. The summed E-state index contributed by atoms with van der Waals surface area (Å²) in [6, 6.07) is 3.41. The van der Waals surface area contributed by atoms with Gasteiger partial charge in [0, 0.05) is 19.4 Å². The molecule has 0 spiro atoms. The van der Waals surface area contributed by atoms with Gasteiger partial charge in [0.2, 0.25) is 11.8 Å². The fraction of sp³-hybridized carbons (Fsp3) is 0.536. The number of alkyl carbamates (subject to hydrolysis) is 1. The monoisotopic (exact) mass is 600 g/mol. The fourth-order valence-corrected chi connectivity index (χ4v) is 4.65. The van der Waals surface area contributed by atoms with Crippen LogP contribution >= 0.6 is 0 Å². The third kappa shape index (κ3) is 8.21. The van der Waals surface area contributed by atoms with Crippen molar-refractivity contribution in [2.24, 2.45) is 0 Å². The Morgan fingerprint density at radius 1 is 1.09 bits per heavy atom. The van der Waals surface area contributed by atoms with Crippen LogP contribution in [0.1, 0.15) is 71.7 Å². The third-order valence-electron chi connectivity index (χ3n) is 6.68. The van der Waals surface area contributed by atoms with Crippen LogP contribution in [0.5, 0.6) is 0 Å². The van der Waals surface area contributed by atoms with Crippen molar-refractivity contribution < 1.29 is 43.3 Å². The maximum absolute atomic E-state index is 13.1. The van der Waals surface area contributed by atoms with Crippen molar-refractivity contribution in [2.45, 2.75) is 64.3 Å². The molecule has 1 aromatic heterocycles. The molecule has 43 heavy (non-hydrogen) atoms. The van der Waals surface area contributed by atoms with Gasteiger partial charge < -0.3 is 24.6 Å². The van der Waals surface area contributed by atoms with Gasteiger partial charge in [-0.3, -0.25) is 29.4 Å². The van der Waals surface area contributed by atoms with E-state index in [0.29, 0.717) is 50.8 Å². The van der Waals surface area contributed by atoms with Crippen molar-refractivity contribution in [1.29, 1.82) is 0 Å². The van der Waals surface area contributed by atoms with Crippen molar-refractivity contribution in [1.82, 2.24) is 30.5 Å². The van der Waals surface area contributed by atoms with E-state index in [1.807, 2.05) is 0 Å². The van der Waals surface area contributed by atoms with Crippen molar-refractivity contribution >= 4 is 29.7 Å². The lowest BCUT2D eigenvalue weighted by molar-refractivity contribution is -0.136. The van der Waals surface area contributed by atoms with Crippen molar-refractivity contribution in [3.63, 3.8) is 0 Å². The number of benzene rings is 1. The van der Waals surface area contributed by atoms with Gasteiger partial charge in [0.25, 0.3) is 11.8 Å². The SMILES string of the molecule is CC(C)(C)OC(=O)NCCOCCOCCn1nncc1CC(O)c1ccc2c(c1)C(=O)N(C1CCC(=O)NC1=O)C2=O. The molecule has 15 nitrogen and oxygen atoms in total. The number of hydrogen-bond acceptors (Lipinski definition) is 11. The number of piperidine rings is 1. The summed E-state index contributed by atoms with van der Waals surface area (Å²) < 4.78 is 17.7. The molecule has 0 bridgehead atoms. The Morgan fingerprint density at radius 2 is 1.81 bits per heavy atom. The minimum Gasteiger partial charge on any atom is -0.444 e. The van der Waals surface area contributed by atoms with Gasteiger partial charge >= 0.3 is 6.09 Å². The zero-order valence-corrected chi connectivity index (χ0v) is 24.3. The Hall–Kier alpha value is -4.21. The van der Waals surface area contributed by atoms with E-state index < -0.39 is 47.5 Å². The number of aromatic nitrogens is 3. The highest BCUT2D eigenvalue weighted by Gasteiger charge is 2.44. The topological polar surface area (TPSA) is 191 Å². The standard InChI is InChI=1S/C28H36N6O9/c1-28(2,3)43-27(40)29-8-10-41-12-13-42-11-9-33-18(16-30-32-33)15-22(35)17-4-5-19-20(14-17)26(39)34(25(19)38)21-6-7-23(36)31-24(21)37/h4-5,14,16,21-22,35H,6-13,15H2,1-3H3,(H,29,40)(H,31,36,37). The number of aliphatic hydroxyl groups excluding tert-OH is 1. The second-order valence-electron chi connectivity index (χ2n) is 11.1. The van der Waals surface area contributed by atoms with Gasteiger partial charge in [-0.05, 0) is 44.9 Å². The number of amides is 5. The number of nitrogens with one attached hydrogen (secondary N) is 2. The molecule has 15 heteroatoms. The number of aliphatic hydroxyl groups is 1. The van der Waals surface area contributed by atoms with Crippen LogP contribution in [0, 0.1) is 0 Å². The highest BCUT2D eigenvalue weighted by atomic mass is 16.6. The molecule has 0 aliphatic carbocycles. The molecule has 4 rings (SSSR count). The lowest BCUT2D eigenvalue weighted by Gasteiger charge is -2.27. The summed E-state index contributed by atoms with van der Waals surface area (Å²) in [5, 5.41) is 23.7. The van der Waals surface area contributed by atoms with Gasteiger partial charge in [0.15, 0.2) is 0 Å². The van der Waals surface area contributed by atoms with Crippen LogP contribution in [0.25, 0.3) is 0 Å². The first-order valence-corrected chi connectivity index (χ1v) is 14.0. The summed E-state index contributed by atoms with van der Waals surface area (Å²) in [5.74, 6) is -2.38. The molecule has 2 aromatic rings. The molecule has 5 amide bonds. The number of hydrogen-bond donors (Lipinski definition) is 3. The zero-order chi connectivity index (χ0) is 31.1. The first-order valence-electron chi connectivity index (χ1n) is 14.0. The lowest BCUT2D eigenvalue weighted by atomic mass is 10.00. The van der Waals surface area contributed by atoms with Crippen LogP contribution in [0.4, 0.5) is 4.79 Å². The second kappa shape index (κ2) is 13.8. The molecular formula is C28H36N6O9. The van der Waals surface area contributed by atoms with Crippen LogP contribution in [0.2, 0.25) is 0 Å². The first-order chi connectivity index (χ1) is 20.4. The molecule has 2 unspecified atom stereocenters. The average Bonchev–Trinajstić information content (AvgIpc) is 3.47. The summed E-state index contributed by atoms with van der Waals surface area (Å²) in [4.78, 5) is 62.2. The van der Waals surface area contributed by atoms with Crippen molar-refractivity contribution in [3.8, 4) is 0 Å². The molecule has 2 aliphatic rings. The predicted octanol–water partition coefficient (Wildman–Crippen LogP) is 0.513. The van der Waals surface area contributed by atoms with Crippen molar-refractivity contribution in [2.75, 3.05) is 33.0 Å². The van der Waals surface area contributed by atoms with Crippen LogP contribution in [-0.2, 0) is 36.8 Å². The zero-order valence-electron chi connectivity index (χ0n) is 24.3. The van der Waals surface area contributed by atoms with E-state index in [-0.39, 0.29) is 30.4 Å². The maximum Gasteiger partial charge on any atom is 0.407 e.